The van der Waals surface area contributed by atoms with Gasteiger partial charge in [-0.2, -0.15) is 0 Å². The number of amides is 1. The van der Waals surface area contributed by atoms with Crippen molar-refractivity contribution in [3.05, 3.63) is 56.9 Å². The first kappa shape index (κ1) is 15.7. The number of carbonyl (C=O) groups excluding carboxylic acids is 1. The number of aromatic nitrogens is 1. The normalized spacial score (nSPS) is 10.7. The molecule has 24 heavy (non-hydrogen) atoms. The lowest BCUT2D eigenvalue weighted by Gasteiger charge is -2.04. The van der Waals surface area contributed by atoms with Gasteiger partial charge in [0.15, 0.2) is 0 Å². The second kappa shape index (κ2) is 5.78. The molecule has 0 aliphatic rings. The summed E-state index contributed by atoms with van der Waals surface area (Å²) in [5.41, 5.74) is 5.11. The van der Waals surface area contributed by atoms with Gasteiger partial charge in [0.25, 0.3) is 11.5 Å². The molecular formula is C15H10FN3O4S. The van der Waals surface area contributed by atoms with Crippen molar-refractivity contribution < 1.29 is 19.1 Å². The zero-order valence-electron chi connectivity index (χ0n) is 11.9. The standard InChI is InChI=1S/C15H10FN3O4S/c16-6-1-3-7(4-2-6)18-13(21)11-10(17)8-5-9(15(22)23)12(20)19-14(8)24-11/h1-5H,17H2,(H,18,21)(H,19,20)(H,22,23). The molecule has 0 aliphatic carbocycles. The zero-order valence-corrected chi connectivity index (χ0v) is 12.7. The molecule has 1 amide bonds. The summed E-state index contributed by atoms with van der Waals surface area (Å²) < 4.78 is 12.9. The average molecular weight is 347 g/mol. The van der Waals surface area contributed by atoms with Gasteiger partial charge in [0.2, 0.25) is 0 Å². The van der Waals surface area contributed by atoms with Crippen molar-refractivity contribution >= 4 is 44.8 Å². The van der Waals surface area contributed by atoms with E-state index in [9.17, 15) is 18.8 Å². The maximum atomic E-state index is 12.9. The Labute approximate surface area is 137 Å². The quantitative estimate of drug-likeness (QED) is 0.578. The summed E-state index contributed by atoms with van der Waals surface area (Å²) in [5.74, 6) is -2.37. The second-order valence-corrected chi connectivity index (χ2v) is 5.89. The van der Waals surface area contributed by atoms with E-state index in [2.05, 4.69) is 10.3 Å². The number of fused-ring (bicyclic) bond motifs is 1. The van der Waals surface area contributed by atoms with Crippen LogP contribution in [0.5, 0.6) is 0 Å². The van der Waals surface area contributed by atoms with Gasteiger partial charge >= 0.3 is 5.97 Å². The molecule has 9 heteroatoms. The minimum absolute atomic E-state index is 0.0633. The lowest BCUT2D eigenvalue weighted by molar-refractivity contribution is 0.0695. The molecule has 0 unspecified atom stereocenters. The number of carboxylic acid groups (broad SMARTS) is 1. The molecule has 0 atom stereocenters. The molecule has 0 radical (unpaired) electrons. The number of nitrogen functional groups attached to an aromatic ring is 1. The van der Waals surface area contributed by atoms with Gasteiger partial charge < -0.3 is 21.1 Å². The summed E-state index contributed by atoms with van der Waals surface area (Å²) in [7, 11) is 0. The topological polar surface area (TPSA) is 125 Å². The van der Waals surface area contributed by atoms with E-state index in [1.807, 2.05) is 0 Å². The van der Waals surface area contributed by atoms with Crippen LogP contribution in [-0.2, 0) is 0 Å². The highest BCUT2D eigenvalue weighted by Crippen LogP contribution is 2.32. The number of carboxylic acids is 1. The zero-order chi connectivity index (χ0) is 17.4. The van der Waals surface area contributed by atoms with Crippen LogP contribution in [0.3, 0.4) is 0 Å². The van der Waals surface area contributed by atoms with E-state index in [-0.39, 0.29) is 16.0 Å². The van der Waals surface area contributed by atoms with Crippen molar-refractivity contribution in [2.75, 3.05) is 11.1 Å². The SMILES string of the molecule is Nc1c(C(=O)Nc2ccc(F)cc2)sc2[nH]c(=O)c(C(=O)O)cc12. The number of anilines is 2. The van der Waals surface area contributed by atoms with E-state index in [0.29, 0.717) is 10.5 Å². The van der Waals surface area contributed by atoms with Crippen LogP contribution in [0.1, 0.15) is 20.0 Å². The number of nitrogens with two attached hydrogens (primary N) is 1. The third-order valence-corrected chi connectivity index (χ3v) is 4.42. The fraction of sp³-hybridized carbons (Fsp3) is 0. The molecule has 3 aromatic rings. The fourth-order valence-corrected chi connectivity index (χ4v) is 3.11. The second-order valence-electron chi connectivity index (χ2n) is 4.87. The number of H-pyrrole nitrogens is 1. The van der Waals surface area contributed by atoms with Gasteiger partial charge in [-0.1, -0.05) is 0 Å². The van der Waals surface area contributed by atoms with Gasteiger partial charge in [0, 0.05) is 11.1 Å². The predicted octanol–water partition coefficient (Wildman–Crippen LogP) is 2.26. The summed E-state index contributed by atoms with van der Waals surface area (Å²) in [6.07, 6.45) is 0. The number of benzene rings is 1. The molecule has 7 nitrogen and oxygen atoms in total. The minimum Gasteiger partial charge on any atom is -0.477 e. The molecule has 5 N–H and O–H groups in total. The largest absolute Gasteiger partial charge is 0.477 e. The smallest absolute Gasteiger partial charge is 0.341 e. The summed E-state index contributed by atoms with van der Waals surface area (Å²) in [6.45, 7) is 0. The summed E-state index contributed by atoms with van der Waals surface area (Å²) >= 11 is 0.929. The first-order valence-electron chi connectivity index (χ1n) is 6.62. The van der Waals surface area contributed by atoms with Crippen molar-refractivity contribution in [3.8, 4) is 0 Å². The van der Waals surface area contributed by atoms with Crippen molar-refractivity contribution in [3.63, 3.8) is 0 Å². The molecule has 0 bridgehead atoms. The van der Waals surface area contributed by atoms with E-state index in [0.717, 1.165) is 17.4 Å². The van der Waals surface area contributed by atoms with Crippen molar-refractivity contribution in [1.29, 1.82) is 0 Å². The Morgan fingerprint density at radius 3 is 2.54 bits per heavy atom. The summed E-state index contributed by atoms with van der Waals surface area (Å²) in [4.78, 5) is 37.8. The highest BCUT2D eigenvalue weighted by molar-refractivity contribution is 7.21. The van der Waals surface area contributed by atoms with Gasteiger partial charge in [-0.3, -0.25) is 9.59 Å². The number of thiophene rings is 1. The Hall–Kier alpha value is -3.20. The lowest BCUT2D eigenvalue weighted by Crippen LogP contribution is -2.16. The van der Waals surface area contributed by atoms with Crippen molar-refractivity contribution in [2.24, 2.45) is 0 Å². The average Bonchev–Trinajstić information content (AvgIpc) is 2.85. The third kappa shape index (κ3) is 2.72. The van der Waals surface area contributed by atoms with E-state index in [1.54, 1.807) is 0 Å². The molecule has 2 heterocycles. The molecular weight excluding hydrogens is 337 g/mol. The molecule has 2 aromatic heterocycles. The molecule has 0 saturated heterocycles. The lowest BCUT2D eigenvalue weighted by atomic mass is 10.2. The Bertz CT molecular complexity index is 1020. The molecule has 1 aromatic carbocycles. The highest BCUT2D eigenvalue weighted by Gasteiger charge is 2.20. The van der Waals surface area contributed by atoms with Crippen LogP contribution in [-0.4, -0.2) is 22.0 Å². The number of rotatable bonds is 3. The number of carbonyl (C=O) groups is 2. The van der Waals surface area contributed by atoms with Crippen LogP contribution in [0.25, 0.3) is 10.2 Å². The van der Waals surface area contributed by atoms with Crippen LogP contribution < -0.4 is 16.6 Å². The van der Waals surface area contributed by atoms with Crippen LogP contribution in [0, 0.1) is 5.82 Å². The van der Waals surface area contributed by atoms with Crippen molar-refractivity contribution in [2.45, 2.75) is 0 Å². The Balaban J connectivity index is 2.01. The van der Waals surface area contributed by atoms with Crippen LogP contribution in [0.2, 0.25) is 0 Å². The van der Waals surface area contributed by atoms with Crippen molar-refractivity contribution in [1.82, 2.24) is 4.98 Å². The maximum absolute atomic E-state index is 12.9. The number of aromatic carboxylic acids is 1. The monoisotopic (exact) mass is 347 g/mol. The summed E-state index contributed by atoms with van der Waals surface area (Å²) in [6, 6.07) is 6.31. The molecule has 0 saturated carbocycles. The molecule has 0 spiro atoms. The number of nitrogens with one attached hydrogen (secondary N) is 2. The Morgan fingerprint density at radius 2 is 1.92 bits per heavy atom. The minimum atomic E-state index is -1.39. The van der Waals surface area contributed by atoms with Crippen LogP contribution in [0.4, 0.5) is 15.8 Å². The molecule has 0 fully saturated rings. The van der Waals surface area contributed by atoms with E-state index >= 15 is 0 Å². The molecule has 122 valence electrons. The molecule has 0 aliphatic heterocycles. The first-order valence-corrected chi connectivity index (χ1v) is 7.44. The number of hydrogen-bond acceptors (Lipinski definition) is 5. The van der Waals surface area contributed by atoms with E-state index in [4.69, 9.17) is 10.8 Å². The third-order valence-electron chi connectivity index (χ3n) is 3.28. The van der Waals surface area contributed by atoms with Gasteiger partial charge in [0.05, 0.1) is 5.69 Å². The van der Waals surface area contributed by atoms with Crippen LogP contribution in [0.15, 0.2) is 35.1 Å². The molecule has 3 rings (SSSR count). The number of pyridine rings is 1. The Kier molecular flexibility index (Phi) is 3.78. The van der Waals surface area contributed by atoms with E-state index < -0.39 is 28.8 Å². The van der Waals surface area contributed by atoms with E-state index in [1.165, 1.54) is 24.3 Å². The van der Waals surface area contributed by atoms with Gasteiger partial charge in [0.1, 0.15) is 21.1 Å². The summed E-state index contributed by atoms with van der Waals surface area (Å²) in [5, 5.41) is 11.8. The van der Waals surface area contributed by atoms with Gasteiger partial charge in [-0.15, -0.1) is 11.3 Å². The Morgan fingerprint density at radius 1 is 1.25 bits per heavy atom. The fourth-order valence-electron chi connectivity index (χ4n) is 2.12. The predicted molar refractivity (Wildman–Crippen MR) is 88.2 cm³/mol. The number of hydrogen-bond donors (Lipinski definition) is 4. The van der Waals surface area contributed by atoms with Crippen LogP contribution >= 0.6 is 11.3 Å². The van der Waals surface area contributed by atoms with Gasteiger partial charge in [-0.05, 0) is 30.3 Å². The van der Waals surface area contributed by atoms with Gasteiger partial charge in [-0.25, -0.2) is 9.18 Å². The number of aromatic amines is 1. The maximum Gasteiger partial charge on any atom is 0.341 e. The first-order chi connectivity index (χ1) is 11.4. The number of halogens is 1. The highest BCUT2D eigenvalue weighted by atomic mass is 32.1.